The summed E-state index contributed by atoms with van der Waals surface area (Å²) in [6.07, 6.45) is 3.27. The molecule has 0 saturated carbocycles. The molecule has 1 aromatic carbocycles. The van der Waals surface area contributed by atoms with Crippen molar-refractivity contribution in [1.29, 1.82) is 0 Å². The normalized spacial score (nSPS) is 15.8. The van der Waals surface area contributed by atoms with Crippen molar-refractivity contribution in [2.45, 2.75) is 52.5 Å². The minimum atomic E-state index is -0.613. The Morgan fingerprint density at radius 3 is 2.39 bits per heavy atom. The summed E-state index contributed by atoms with van der Waals surface area (Å²) >= 11 is 0. The first-order chi connectivity index (χ1) is 17.8. The van der Waals surface area contributed by atoms with Crippen molar-refractivity contribution in [3.05, 3.63) is 71.1 Å². The summed E-state index contributed by atoms with van der Waals surface area (Å²) in [6.45, 7) is 13.1. The van der Waals surface area contributed by atoms with E-state index in [2.05, 4.69) is 31.0 Å². The average Bonchev–Trinajstić information content (AvgIpc) is 3.48. The molecule has 9 nitrogen and oxygen atoms in total. The molecule has 0 bridgehead atoms. The van der Waals surface area contributed by atoms with Gasteiger partial charge in [-0.3, -0.25) is 14.7 Å². The predicted octanol–water partition coefficient (Wildman–Crippen LogP) is 4.24. The Morgan fingerprint density at radius 1 is 1.08 bits per heavy atom. The summed E-state index contributed by atoms with van der Waals surface area (Å²) in [5.74, 6) is -0.627. The van der Waals surface area contributed by atoms with E-state index in [1.807, 2.05) is 19.9 Å². The second-order valence-corrected chi connectivity index (χ2v) is 11.5. The van der Waals surface area contributed by atoms with E-state index < -0.39 is 5.54 Å². The molecule has 4 aromatic rings. The number of imidazole rings is 1. The number of aromatic nitrogens is 5. The molecule has 1 N–H and O–H groups in total. The lowest BCUT2D eigenvalue weighted by Gasteiger charge is -2.46. The Hall–Kier alpha value is -4.08. The van der Waals surface area contributed by atoms with Gasteiger partial charge in [0.25, 0.3) is 11.8 Å². The van der Waals surface area contributed by atoms with Crippen LogP contribution in [0.5, 0.6) is 0 Å². The van der Waals surface area contributed by atoms with E-state index in [9.17, 15) is 14.0 Å². The van der Waals surface area contributed by atoms with Gasteiger partial charge in [0, 0.05) is 37.0 Å². The van der Waals surface area contributed by atoms with Crippen molar-refractivity contribution in [1.82, 2.24) is 34.6 Å². The van der Waals surface area contributed by atoms with Crippen LogP contribution in [0.15, 0.2) is 42.7 Å². The molecular formula is C28H32FN7O2. The minimum Gasteiger partial charge on any atom is -0.334 e. The predicted molar refractivity (Wildman–Crippen MR) is 141 cm³/mol. The maximum atomic E-state index is 13.8. The molecule has 2 amide bonds. The van der Waals surface area contributed by atoms with E-state index in [0.29, 0.717) is 42.2 Å². The number of fused-ring (bicyclic) bond motifs is 1. The Morgan fingerprint density at radius 2 is 1.79 bits per heavy atom. The van der Waals surface area contributed by atoms with Gasteiger partial charge in [-0.25, -0.2) is 13.9 Å². The lowest BCUT2D eigenvalue weighted by molar-refractivity contribution is 0.0164. The van der Waals surface area contributed by atoms with Crippen molar-refractivity contribution in [3.63, 3.8) is 0 Å². The lowest BCUT2D eigenvalue weighted by atomic mass is 9.87. The zero-order valence-electron chi connectivity index (χ0n) is 22.5. The van der Waals surface area contributed by atoms with Gasteiger partial charge in [0.05, 0.1) is 28.7 Å². The summed E-state index contributed by atoms with van der Waals surface area (Å²) in [5.41, 5.74) is 3.56. The number of nitrogens with zero attached hydrogens (tertiary/aromatic N) is 6. The number of H-pyrrole nitrogens is 1. The van der Waals surface area contributed by atoms with Gasteiger partial charge in [-0.1, -0.05) is 20.8 Å². The first-order valence-electron chi connectivity index (χ1n) is 12.6. The summed E-state index contributed by atoms with van der Waals surface area (Å²) in [4.78, 5) is 35.1. The Labute approximate surface area is 220 Å². The van der Waals surface area contributed by atoms with Gasteiger partial charge >= 0.3 is 0 Å². The summed E-state index contributed by atoms with van der Waals surface area (Å²) in [6, 6.07) is 8.14. The molecule has 0 aliphatic carbocycles. The number of amides is 2. The quantitative estimate of drug-likeness (QED) is 0.438. The van der Waals surface area contributed by atoms with Crippen molar-refractivity contribution in [2.24, 2.45) is 0 Å². The van der Waals surface area contributed by atoms with Crippen LogP contribution in [0, 0.1) is 12.7 Å². The Kier molecular flexibility index (Phi) is 6.08. The smallest absolute Gasteiger partial charge is 0.274 e. The van der Waals surface area contributed by atoms with Crippen LogP contribution < -0.4 is 0 Å². The second kappa shape index (κ2) is 9.04. The maximum absolute atomic E-state index is 13.8. The highest BCUT2D eigenvalue weighted by Gasteiger charge is 2.40. The topological polar surface area (TPSA) is 99.5 Å². The zero-order chi connectivity index (χ0) is 27.4. The van der Waals surface area contributed by atoms with Gasteiger partial charge in [-0.2, -0.15) is 10.2 Å². The Balaban J connectivity index is 1.46. The van der Waals surface area contributed by atoms with Gasteiger partial charge in [0.2, 0.25) is 0 Å². The van der Waals surface area contributed by atoms with Crippen LogP contribution in [0.4, 0.5) is 4.39 Å². The highest BCUT2D eigenvalue weighted by Crippen LogP contribution is 2.31. The first-order valence-corrected chi connectivity index (χ1v) is 12.6. The van der Waals surface area contributed by atoms with Crippen molar-refractivity contribution < 1.29 is 14.0 Å². The number of aromatic amines is 1. The molecule has 0 unspecified atom stereocenters. The largest absolute Gasteiger partial charge is 0.334 e. The lowest BCUT2D eigenvalue weighted by Crippen LogP contribution is -2.62. The number of rotatable bonds is 3. The number of piperazine rings is 1. The van der Waals surface area contributed by atoms with Crippen LogP contribution in [0.25, 0.3) is 16.9 Å². The summed E-state index contributed by atoms with van der Waals surface area (Å²) < 4.78 is 15.1. The Bertz CT molecular complexity index is 1530. The first kappa shape index (κ1) is 25.6. The maximum Gasteiger partial charge on any atom is 0.274 e. The van der Waals surface area contributed by atoms with Gasteiger partial charge in [0.15, 0.2) is 5.65 Å². The molecule has 1 aliphatic heterocycles. The van der Waals surface area contributed by atoms with Gasteiger partial charge in [0.1, 0.15) is 11.5 Å². The van der Waals surface area contributed by atoms with Crippen molar-refractivity contribution >= 4 is 17.5 Å². The number of benzene rings is 1. The molecule has 5 rings (SSSR count). The number of carbonyl (C=O) groups is 2. The highest BCUT2D eigenvalue weighted by molar-refractivity contribution is 5.96. The van der Waals surface area contributed by atoms with Crippen LogP contribution >= 0.6 is 0 Å². The molecule has 1 fully saturated rings. The molecule has 4 heterocycles. The van der Waals surface area contributed by atoms with Crippen LogP contribution in [-0.4, -0.2) is 71.6 Å². The number of aryl methyl sites for hydroxylation is 1. The van der Waals surface area contributed by atoms with Crippen LogP contribution in [-0.2, 0) is 5.41 Å². The SMILES string of the molecule is Cc1n[nH]cc1C(=O)N1CCN(C(=O)c2cn3nc(-c4ccc(F)cc4)cc(C(C)(C)C)c3n2)C(C)(C)C1. The molecule has 198 valence electrons. The number of carbonyl (C=O) groups excluding carboxylic acids is 2. The minimum absolute atomic E-state index is 0.100. The average molecular weight is 518 g/mol. The molecule has 0 spiro atoms. The molecule has 10 heteroatoms. The van der Waals surface area contributed by atoms with Gasteiger partial charge in [-0.05, 0) is 56.5 Å². The fourth-order valence-electron chi connectivity index (χ4n) is 4.98. The molecule has 0 radical (unpaired) electrons. The molecule has 3 aromatic heterocycles. The van der Waals surface area contributed by atoms with E-state index in [4.69, 9.17) is 10.1 Å². The monoisotopic (exact) mass is 517 g/mol. The van der Waals surface area contributed by atoms with Crippen LogP contribution in [0.1, 0.15) is 66.7 Å². The summed E-state index contributed by atoms with van der Waals surface area (Å²) in [5, 5.41) is 11.5. The van der Waals surface area contributed by atoms with E-state index >= 15 is 0 Å². The molecule has 1 aliphatic rings. The fraction of sp³-hybridized carbons (Fsp3) is 0.393. The zero-order valence-corrected chi connectivity index (χ0v) is 22.5. The third-order valence-electron chi connectivity index (χ3n) is 7.09. The fourth-order valence-corrected chi connectivity index (χ4v) is 4.98. The van der Waals surface area contributed by atoms with E-state index in [0.717, 1.165) is 11.1 Å². The van der Waals surface area contributed by atoms with Gasteiger partial charge in [-0.15, -0.1) is 0 Å². The van der Waals surface area contributed by atoms with Crippen LogP contribution in [0.2, 0.25) is 0 Å². The molecule has 0 atom stereocenters. The number of hydrogen-bond donors (Lipinski definition) is 1. The third kappa shape index (κ3) is 4.55. The van der Waals surface area contributed by atoms with E-state index in [1.54, 1.807) is 45.8 Å². The van der Waals surface area contributed by atoms with Crippen LogP contribution in [0.3, 0.4) is 0 Å². The van der Waals surface area contributed by atoms with E-state index in [-0.39, 0.29) is 28.7 Å². The number of hydrogen-bond acceptors (Lipinski definition) is 5. The molecule has 38 heavy (non-hydrogen) atoms. The summed E-state index contributed by atoms with van der Waals surface area (Å²) in [7, 11) is 0. The van der Waals surface area contributed by atoms with Crippen molar-refractivity contribution in [2.75, 3.05) is 19.6 Å². The standard InChI is InChI=1S/C28H32FN7O2/c1-17-20(14-30-32-17)25(37)34-11-12-35(28(5,6)16-34)26(38)23-15-36-24(31-23)21(27(2,3)4)13-22(33-36)18-7-9-19(29)10-8-18/h7-10,13-15H,11-12,16H2,1-6H3,(H,30,32). The number of nitrogens with one attached hydrogen (secondary N) is 1. The van der Waals surface area contributed by atoms with Crippen molar-refractivity contribution in [3.8, 4) is 11.3 Å². The molecular weight excluding hydrogens is 485 g/mol. The van der Waals surface area contributed by atoms with Gasteiger partial charge < -0.3 is 9.80 Å². The number of halogens is 1. The highest BCUT2D eigenvalue weighted by atomic mass is 19.1. The third-order valence-corrected chi connectivity index (χ3v) is 7.09. The second-order valence-electron chi connectivity index (χ2n) is 11.5. The van der Waals surface area contributed by atoms with E-state index in [1.165, 1.54) is 12.1 Å². The molecule has 1 saturated heterocycles.